The lowest BCUT2D eigenvalue weighted by Gasteiger charge is -2.27. The Bertz CT molecular complexity index is 1900. The van der Waals surface area contributed by atoms with Gasteiger partial charge >= 0.3 is 0 Å². The van der Waals surface area contributed by atoms with E-state index < -0.39 is 0 Å². The average molecular weight is 648 g/mol. The summed E-state index contributed by atoms with van der Waals surface area (Å²) in [5, 5.41) is 4.73. The van der Waals surface area contributed by atoms with Gasteiger partial charge in [-0.15, -0.1) is 0 Å². The van der Waals surface area contributed by atoms with Gasteiger partial charge < -0.3 is 24.4 Å². The van der Waals surface area contributed by atoms with Gasteiger partial charge in [-0.05, 0) is 48.7 Å². The molecule has 1 aliphatic heterocycles. The largest absolute Gasteiger partial charge is 0.495 e. The molecular formula is C33H32Cl2N6O4. The highest BCUT2D eigenvalue weighted by atomic mass is 35.5. The van der Waals surface area contributed by atoms with Crippen LogP contribution in [0, 0.1) is 0 Å². The molecule has 2 aromatic carbocycles. The number of carbonyl (C=O) groups excluding carboxylic acids is 1. The molecule has 0 unspecified atom stereocenters. The van der Waals surface area contributed by atoms with Crippen molar-refractivity contribution >= 4 is 63.0 Å². The van der Waals surface area contributed by atoms with Gasteiger partial charge in [0, 0.05) is 72.6 Å². The van der Waals surface area contributed by atoms with Crippen molar-refractivity contribution in [3.05, 3.63) is 77.2 Å². The van der Waals surface area contributed by atoms with E-state index in [4.69, 9.17) is 42.4 Å². The molecule has 0 amide bonds. The summed E-state index contributed by atoms with van der Waals surface area (Å²) < 4.78 is 18.3. The summed E-state index contributed by atoms with van der Waals surface area (Å²) in [6, 6.07) is 9.90. The number of benzene rings is 2. The van der Waals surface area contributed by atoms with Crippen LogP contribution in [0.5, 0.6) is 11.5 Å². The van der Waals surface area contributed by atoms with E-state index in [1.54, 1.807) is 25.6 Å². The van der Waals surface area contributed by atoms with Crippen LogP contribution in [0.15, 0.2) is 61.6 Å². The molecule has 5 aromatic rings. The summed E-state index contributed by atoms with van der Waals surface area (Å²) in [6.07, 6.45) is 8.90. The molecule has 4 heterocycles. The topological polar surface area (TPSA) is 103 Å². The van der Waals surface area contributed by atoms with Crippen molar-refractivity contribution in [2.24, 2.45) is 0 Å². The highest BCUT2D eigenvalue weighted by Gasteiger charge is 2.26. The first-order valence-electron chi connectivity index (χ1n) is 14.4. The number of aromatic nitrogens is 4. The van der Waals surface area contributed by atoms with Crippen molar-refractivity contribution in [1.29, 1.82) is 0 Å². The van der Waals surface area contributed by atoms with Gasteiger partial charge in [0.1, 0.15) is 17.1 Å². The SMILES string of the molecule is C=CC(=O)Cc1cc(N2CCC[C@H]2COC)ccc1Nc1ncc2cc(-c3c(Cl)c(OC)cc(OC)c3Cl)c3nccn3c2n1. The van der Waals surface area contributed by atoms with Crippen molar-refractivity contribution < 1.29 is 19.0 Å². The number of anilines is 3. The molecule has 1 N–H and O–H groups in total. The minimum atomic E-state index is -0.0800. The summed E-state index contributed by atoms with van der Waals surface area (Å²) in [4.78, 5) is 28.9. The zero-order valence-electron chi connectivity index (χ0n) is 25.1. The van der Waals surface area contributed by atoms with Crippen LogP contribution in [0.25, 0.3) is 27.8 Å². The summed E-state index contributed by atoms with van der Waals surface area (Å²) in [5.74, 6) is 1.12. The van der Waals surface area contributed by atoms with Crippen molar-refractivity contribution in [2.45, 2.75) is 25.3 Å². The number of ketones is 1. The molecule has 10 nitrogen and oxygen atoms in total. The van der Waals surface area contributed by atoms with Gasteiger partial charge in [0.15, 0.2) is 11.4 Å². The maximum atomic E-state index is 12.5. The summed E-state index contributed by atoms with van der Waals surface area (Å²) in [7, 11) is 4.78. The van der Waals surface area contributed by atoms with E-state index in [1.165, 1.54) is 20.3 Å². The standard InChI is InChI=1S/C33H32Cl2N6O4/c1-5-23(42)14-19-13-21(40-11-6-7-22(40)18-43-2)8-9-25(19)38-33-37-17-20-15-24(32-36-10-12-41(32)31(20)39-33)28-29(34)26(44-3)16-27(45-4)30(28)35/h5,8-10,12-13,15-17,22H,1,6-7,11,14,18H2,2-4H3,(H,37,38,39)/t22-/m0/s1. The molecule has 232 valence electrons. The second-order valence-corrected chi connectivity index (χ2v) is 11.4. The lowest BCUT2D eigenvalue weighted by Crippen LogP contribution is -2.32. The first kappa shape index (κ1) is 30.6. The van der Waals surface area contributed by atoms with E-state index in [9.17, 15) is 4.79 Å². The van der Waals surface area contributed by atoms with E-state index in [0.29, 0.717) is 62.6 Å². The number of ether oxygens (including phenoxy) is 3. The fourth-order valence-corrected chi connectivity index (χ4v) is 6.59. The highest BCUT2D eigenvalue weighted by molar-refractivity contribution is 6.41. The van der Waals surface area contributed by atoms with Crippen molar-refractivity contribution in [3.8, 4) is 22.6 Å². The van der Waals surface area contributed by atoms with Crippen LogP contribution >= 0.6 is 23.2 Å². The number of methoxy groups -OCH3 is 3. The Morgan fingerprint density at radius 3 is 2.58 bits per heavy atom. The van der Waals surface area contributed by atoms with Gasteiger partial charge in [0.05, 0.1) is 36.9 Å². The second-order valence-electron chi connectivity index (χ2n) is 10.7. The Hall–Kier alpha value is -4.38. The number of carbonyl (C=O) groups is 1. The number of nitrogens with zero attached hydrogens (tertiary/aromatic N) is 5. The Balaban J connectivity index is 1.41. The average Bonchev–Trinajstić information content (AvgIpc) is 3.73. The third-order valence-corrected chi connectivity index (χ3v) is 8.79. The molecule has 1 aliphatic rings. The van der Waals surface area contributed by atoms with Crippen LogP contribution in [0.1, 0.15) is 18.4 Å². The molecule has 3 aromatic heterocycles. The third-order valence-electron chi connectivity index (χ3n) is 8.04. The molecule has 12 heteroatoms. The second kappa shape index (κ2) is 12.9. The molecule has 45 heavy (non-hydrogen) atoms. The third kappa shape index (κ3) is 5.77. The number of fused-ring (bicyclic) bond motifs is 3. The quantitative estimate of drug-likeness (QED) is 0.153. The van der Waals surface area contributed by atoms with Crippen LogP contribution < -0.4 is 19.7 Å². The lowest BCUT2D eigenvalue weighted by atomic mass is 10.0. The molecule has 6 rings (SSSR count). The monoisotopic (exact) mass is 646 g/mol. The lowest BCUT2D eigenvalue weighted by molar-refractivity contribution is -0.114. The molecule has 0 spiro atoms. The fraction of sp³-hybridized carbons (Fsp3) is 0.273. The number of pyridine rings is 1. The number of imidazole rings is 1. The Kier molecular flexibility index (Phi) is 8.80. The molecule has 0 bridgehead atoms. The van der Waals surface area contributed by atoms with Gasteiger partial charge in [-0.3, -0.25) is 9.20 Å². The fourth-order valence-electron chi connectivity index (χ4n) is 5.89. The molecule has 1 saturated heterocycles. The maximum Gasteiger partial charge on any atom is 0.229 e. The number of rotatable bonds is 11. The normalized spacial score (nSPS) is 14.7. The van der Waals surface area contributed by atoms with Gasteiger partial charge in [0.25, 0.3) is 0 Å². The van der Waals surface area contributed by atoms with Crippen LogP contribution in [0.3, 0.4) is 0 Å². The Labute approximate surface area is 270 Å². The van der Waals surface area contributed by atoms with Crippen molar-refractivity contribution in [3.63, 3.8) is 0 Å². The van der Waals surface area contributed by atoms with Crippen molar-refractivity contribution in [2.75, 3.05) is 44.7 Å². The predicted molar refractivity (Wildman–Crippen MR) is 178 cm³/mol. The number of hydrogen-bond donors (Lipinski definition) is 1. The molecule has 1 fully saturated rings. The van der Waals surface area contributed by atoms with Gasteiger partial charge in [0.2, 0.25) is 5.95 Å². The number of halogens is 2. The van der Waals surface area contributed by atoms with Crippen molar-refractivity contribution in [1.82, 2.24) is 19.4 Å². The molecular weight excluding hydrogens is 615 g/mol. The van der Waals surface area contributed by atoms with Crippen LogP contribution in [0.2, 0.25) is 10.0 Å². The summed E-state index contributed by atoms with van der Waals surface area (Å²) in [5.41, 5.74) is 5.00. The summed E-state index contributed by atoms with van der Waals surface area (Å²) >= 11 is 13.5. The smallest absolute Gasteiger partial charge is 0.229 e. The van der Waals surface area contributed by atoms with E-state index in [2.05, 4.69) is 38.9 Å². The predicted octanol–water partition coefficient (Wildman–Crippen LogP) is 6.92. The minimum absolute atomic E-state index is 0.0800. The highest BCUT2D eigenvalue weighted by Crippen LogP contribution is 2.47. The first-order valence-corrected chi connectivity index (χ1v) is 15.2. The van der Waals surface area contributed by atoms with Gasteiger partial charge in [-0.25, -0.2) is 9.97 Å². The molecule has 1 atom stereocenters. The zero-order valence-corrected chi connectivity index (χ0v) is 26.7. The molecule has 0 saturated carbocycles. The van der Waals surface area contributed by atoms with Gasteiger partial charge in [-0.2, -0.15) is 4.98 Å². The van der Waals surface area contributed by atoms with E-state index >= 15 is 0 Å². The Morgan fingerprint density at radius 1 is 1.09 bits per heavy atom. The van der Waals surface area contributed by atoms with Gasteiger partial charge in [-0.1, -0.05) is 29.8 Å². The zero-order chi connectivity index (χ0) is 31.7. The number of nitrogens with one attached hydrogen (secondary N) is 1. The van der Waals surface area contributed by atoms with E-state index in [-0.39, 0.29) is 12.2 Å². The van der Waals surface area contributed by atoms with E-state index in [1.807, 2.05) is 22.7 Å². The van der Waals surface area contributed by atoms with Crippen LogP contribution in [-0.4, -0.2) is 65.7 Å². The van der Waals surface area contributed by atoms with E-state index in [0.717, 1.165) is 41.7 Å². The number of allylic oxidation sites excluding steroid dienone is 1. The van der Waals surface area contributed by atoms with Crippen LogP contribution in [0.4, 0.5) is 17.3 Å². The van der Waals surface area contributed by atoms with Crippen LogP contribution in [-0.2, 0) is 16.0 Å². The minimum Gasteiger partial charge on any atom is -0.495 e. The number of hydrogen-bond acceptors (Lipinski definition) is 9. The first-order chi connectivity index (χ1) is 21.9. The Morgan fingerprint density at radius 2 is 1.87 bits per heavy atom. The summed E-state index contributed by atoms with van der Waals surface area (Å²) in [6.45, 7) is 5.25. The maximum absolute atomic E-state index is 12.5. The molecule has 0 aliphatic carbocycles. The molecule has 0 radical (unpaired) electrons.